The van der Waals surface area contributed by atoms with Crippen molar-refractivity contribution < 1.29 is 4.79 Å². The van der Waals surface area contributed by atoms with Crippen molar-refractivity contribution in [2.45, 2.75) is 24.2 Å². The molecule has 0 aliphatic carbocycles. The zero-order valence-corrected chi connectivity index (χ0v) is 12.1. The number of nitrogens with zero attached hydrogens (tertiary/aromatic N) is 1. The maximum Gasteiger partial charge on any atom is 0.255 e. The van der Waals surface area contributed by atoms with Crippen molar-refractivity contribution in [3.63, 3.8) is 0 Å². The summed E-state index contributed by atoms with van der Waals surface area (Å²) in [6.45, 7) is 2.25. The number of benzene rings is 1. The third-order valence-corrected chi connectivity index (χ3v) is 4.66. The largest absolute Gasteiger partial charge is 0.322 e. The summed E-state index contributed by atoms with van der Waals surface area (Å²) in [6.07, 6.45) is 4.54. The highest BCUT2D eigenvalue weighted by Crippen LogP contribution is 2.37. The number of fused-ring (bicyclic) bond motifs is 1. The van der Waals surface area contributed by atoms with Gasteiger partial charge in [-0.15, -0.1) is 11.8 Å². The Kier molecular flexibility index (Phi) is 3.74. The fourth-order valence-electron chi connectivity index (χ4n) is 2.35. The topological polar surface area (TPSA) is 42.0 Å². The fourth-order valence-corrected chi connectivity index (χ4v) is 3.68. The third kappa shape index (κ3) is 2.70. The molecule has 20 heavy (non-hydrogen) atoms. The van der Waals surface area contributed by atoms with Crippen LogP contribution in [0.1, 0.15) is 35.2 Å². The van der Waals surface area contributed by atoms with Gasteiger partial charge in [-0.3, -0.25) is 9.78 Å². The Morgan fingerprint density at radius 2 is 2.10 bits per heavy atom. The molecule has 1 N–H and O–H groups in total. The smallest absolute Gasteiger partial charge is 0.255 e. The summed E-state index contributed by atoms with van der Waals surface area (Å²) in [5, 5.41) is 2.89. The molecular formula is C16H16N2OS. The predicted octanol–water partition coefficient (Wildman–Crippen LogP) is 3.93. The van der Waals surface area contributed by atoms with Gasteiger partial charge >= 0.3 is 0 Å². The second-order valence-electron chi connectivity index (χ2n) is 4.98. The van der Waals surface area contributed by atoms with Gasteiger partial charge in [0, 0.05) is 28.5 Å². The number of nitrogens with one attached hydrogen (secondary N) is 1. The Morgan fingerprint density at radius 1 is 1.30 bits per heavy atom. The maximum absolute atomic E-state index is 12.2. The Hall–Kier alpha value is -1.81. The normalized spacial score (nSPS) is 17.4. The second kappa shape index (κ2) is 5.67. The Balaban J connectivity index is 1.82. The number of hydrogen-bond donors (Lipinski definition) is 1. The first-order valence-electron chi connectivity index (χ1n) is 6.72. The van der Waals surface area contributed by atoms with Crippen molar-refractivity contribution in [1.29, 1.82) is 0 Å². The fraction of sp³-hybridized carbons (Fsp3) is 0.250. The highest BCUT2D eigenvalue weighted by Gasteiger charge is 2.18. The van der Waals surface area contributed by atoms with Gasteiger partial charge in [-0.25, -0.2) is 0 Å². The van der Waals surface area contributed by atoms with Crippen LogP contribution in [0.3, 0.4) is 0 Å². The van der Waals surface area contributed by atoms with Crippen LogP contribution >= 0.6 is 11.8 Å². The van der Waals surface area contributed by atoms with E-state index in [9.17, 15) is 4.79 Å². The molecule has 0 spiro atoms. The summed E-state index contributed by atoms with van der Waals surface area (Å²) < 4.78 is 0. The van der Waals surface area contributed by atoms with Gasteiger partial charge < -0.3 is 5.32 Å². The van der Waals surface area contributed by atoms with E-state index in [0.717, 1.165) is 11.4 Å². The molecule has 3 rings (SSSR count). The van der Waals surface area contributed by atoms with E-state index in [2.05, 4.69) is 23.3 Å². The van der Waals surface area contributed by atoms with Gasteiger partial charge in [-0.1, -0.05) is 13.0 Å². The first kappa shape index (κ1) is 13.2. The van der Waals surface area contributed by atoms with Crippen LogP contribution in [0.2, 0.25) is 0 Å². The quantitative estimate of drug-likeness (QED) is 0.908. The van der Waals surface area contributed by atoms with Gasteiger partial charge in [0.05, 0.1) is 0 Å². The maximum atomic E-state index is 12.2. The second-order valence-corrected chi connectivity index (χ2v) is 6.12. The van der Waals surface area contributed by atoms with E-state index in [4.69, 9.17) is 0 Å². The predicted molar refractivity (Wildman–Crippen MR) is 82.4 cm³/mol. The number of thioether (sulfide) groups is 1. The summed E-state index contributed by atoms with van der Waals surface area (Å²) in [5.74, 6) is 1.64. The number of pyridine rings is 1. The van der Waals surface area contributed by atoms with E-state index in [1.54, 1.807) is 24.5 Å². The van der Waals surface area contributed by atoms with Crippen molar-refractivity contribution in [3.8, 4) is 0 Å². The number of carbonyl (C=O) groups is 1. The van der Waals surface area contributed by atoms with Gasteiger partial charge in [0.2, 0.25) is 0 Å². The molecule has 1 aromatic heterocycles. The van der Waals surface area contributed by atoms with E-state index in [0.29, 0.717) is 11.5 Å². The molecular weight excluding hydrogens is 268 g/mol. The van der Waals surface area contributed by atoms with Crippen molar-refractivity contribution in [2.75, 3.05) is 11.1 Å². The van der Waals surface area contributed by atoms with Crippen LogP contribution in [0, 0.1) is 0 Å². The zero-order chi connectivity index (χ0) is 13.9. The molecule has 1 aromatic carbocycles. The summed E-state index contributed by atoms with van der Waals surface area (Å²) >= 11 is 1.84. The average molecular weight is 284 g/mol. The lowest BCUT2D eigenvalue weighted by Crippen LogP contribution is -2.13. The standard InChI is InChI=1S/C16H16N2OS/c1-11-6-9-20-15-10-12(2-3-14(11)15)16(19)18-13-4-7-17-8-5-13/h2-5,7-8,10-11H,6,9H2,1H3,(H,17,18,19). The monoisotopic (exact) mass is 284 g/mol. The van der Waals surface area contributed by atoms with Crippen molar-refractivity contribution >= 4 is 23.4 Å². The van der Waals surface area contributed by atoms with Crippen LogP contribution in [-0.2, 0) is 0 Å². The van der Waals surface area contributed by atoms with Crippen LogP contribution in [0.25, 0.3) is 0 Å². The van der Waals surface area contributed by atoms with Gasteiger partial charge in [0.15, 0.2) is 0 Å². The highest BCUT2D eigenvalue weighted by atomic mass is 32.2. The van der Waals surface area contributed by atoms with Gasteiger partial charge in [-0.05, 0) is 47.9 Å². The number of amides is 1. The lowest BCUT2D eigenvalue weighted by Gasteiger charge is -2.22. The zero-order valence-electron chi connectivity index (χ0n) is 11.3. The average Bonchev–Trinajstić information content (AvgIpc) is 2.48. The lowest BCUT2D eigenvalue weighted by molar-refractivity contribution is 0.102. The van der Waals surface area contributed by atoms with Crippen molar-refractivity contribution in [2.24, 2.45) is 0 Å². The van der Waals surface area contributed by atoms with E-state index >= 15 is 0 Å². The van der Waals surface area contributed by atoms with Gasteiger partial charge in [0.1, 0.15) is 0 Å². The number of hydrogen-bond acceptors (Lipinski definition) is 3. The van der Waals surface area contributed by atoms with Gasteiger partial charge in [0.25, 0.3) is 5.91 Å². The lowest BCUT2D eigenvalue weighted by atomic mass is 9.97. The Labute approximate surface area is 122 Å². The molecule has 1 atom stereocenters. The Morgan fingerprint density at radius 3 is 2.90 bits per heavy atom. The van der Waals surface area contributed by atoms with Crippen molar-refractivity contribution in [1.82, 2.24) is 4.98 Å². The molecule has 0 fully saturated rings. The molecule has 0 radical (unpaired) electrons. The molecule has 0 saturated heterocycles. The summed E-state index contributed by atoms with van der Waals surface area (Å²) in [6, 6.07) is 9.58. The van der Waals surface area contributed by atoms with Crippen molar-refractivity contribution in [3.05, 3.63) is 53.9 Å². The minimum absolute atomic E-state index is 0.0715. The Bertz CT molecular complexity index is 628. The molecule has 1 unspecified atom stereocenters. The van der Waals surface area contributed by atoms with Crippen LogP contribution in [0.15, 0.2) is 47.6 Å². The third-order valence-electron chi connectivity index (χ3n) is 3.55. The number of rotatable bonds is 2. The molecule has 1 aliphatic rings. The highest BCUT2D eigenvalue weighted by molar-refractivity contribution is 7.99. The molecule has 1 aliphatic heterocycles. The van der Waals surface area contributed by atoms with E-state index in [1.165, 1.54) is 16.9 Å². The molecule has 4 heteroatoms. The first-order valence-corrected chi connectivity index (χ1v) is 7.71. The van der Waals surface area contributed by atoms with E-state index < -0.39 is 0 Å². The minimum atomic E-state index is -0.0715. The summed E-state index contributed by atoms with van der Waals surface area (Å²) in [5.41, 5.74) is 2.84. The molecule has 0 bridgehead atoms. The minimum Gasteiger partial charge on any atom is -0.322 e. The van der Waals surface area contributed by atoms with Crippen LogP contribution in [-0.4, -0.2) is 16.6 Å². The van der Waals surface area contributed by atoms with Crippen LogP contribution in [0.4, 0.5) is 5.69 Å². The van der Waals surface area contributed by atoms with Crippen LogP contribution in [0.5, 0.6) is 0 Å². The molecule has 0 saturated carbocycles. The summed E-state index contributed by atoms with van der Waals surface area (Å²) in [4.78, 5) is 17.4. The molecule has 102 valence electrons. The van der Waals surface area contributed by atoms with Crippen LogP contribution < -0.4 is 5.32 Å². The van der Waals surface area contributed by atoms with Gasteiger partial charge in [-0.2, -0.15) is 0 Å². The molecule has 2 aromatic rings. The number of anilines is 1. The number of aromatic nitrogens is 1. The summed E-state index contributed by atoms with van der Waals surface area (Å²) in [7, 11) is 0. The SMILES string of the molecule is CC1CCSc2cc(C(=O)Nc3ccncc3)ccc21. The molecule has 3 nitrogen and oxygen atoms in total. The van der Waals surface area contributed by atoms with E-state index in [1.807, 2.05) is 23.9 Å². The van der Waals surface area contributed by atoms with E-state index in [-0.39, 0.29) is 5.91 Å². The molecule has 1 amide bonds. The first-order chi connectivity index (χ1) is 9.74. The molecule has 2 heterocycles. The number of carbonyl (C=O) groups excluding carboxylic acids is 1.